The van der Waals surface area contributed by atoms with Gasteiger partial charge in [0.15, 0.2) is 0 Å². The van der Waals surface area contributed by atoms with E-state index in [9.17, 15) is 0 Å². The molecule has 1 nitrogen and oxygen atoms in total. The van der Waals surface area contributed by atoms with Crippen LogP contribution in [-0.2, 0) is 0 Å². The van der Waals surface area contributed by atoms with Gasteiger partial charge in [-0.3, -0.25) is 0 Å². The van der Waals surface area contributed by atoms with Crippen LogP contribution in [-0.4, -0.2) is 28.6 Å². The number of hydrogen-bond acceptors (Lipinski definition) is 1. The van der Waals surface area contributed by atoms with Crippen molar-refractivity contribution in [3.63, 3.8) is 0 Å². The molecule has 0 unspecified atom stereocenters. The van der Waals surface area contributed by atoms with Crippen molar-refractivity contribution in [2.75, 3.05) is 0 Å². The molecule has 0 saturated carbocycles. The summed E-state index contributed by atoms with van der Waals surface area (Å²) in [5.74, 6) is 0. The molecular weight excluding hydrogens is 218 g/mol. The molecular formula is C10H25NSi3. The van der Waals surface area contributed by atoms with Crippen LogP contribution < -0.4 is 0 Å². The molecule has 1 heterocycles. The predicted molar refractivity (Wildman–Crippen MR) is 73.9 cm³/mol. The summed E-state index contributed by atoms with van der Waals surface area (Å²) in [7, 11) is -3.47. The summed E-state index contributed by atoms with van der Waals surface area (Å²) in [6, 6.07) is 0. The lowest BCUT2D eigenvalue weighted by molar-refractivity contribution is 0.760. The van der Waals surface area contributed by atoms with Crippen LogP contribution in [0.4, 0.5) is 0 Å². The Balaban J connectivity index is 3.06. The van der Waals surface area contributed by atoms with Gasteiger partial charge in [0.25, 0.3) is 0 Å². The summed E-state index contributed by atoms with van der Waals surface area (Å²) in [6.45, 7) is 21.6. The fourth-order valence-electron chi connectivity index (χ4n) is 3.50. The standard InChI is InChI=1S/C10H25NSi3/c1-9-12(3,4)11-13(5,6)10(2)14(11,7)8/h9-10H,1H2,2-8H3. The molecule has 4 heteroatoms. The van der Waals surface area contributed by atoms with Gasteiger partial charge in [-0.25, -0.2) is 0 Å². The van der Waals surface area contributed by atoms with Gasteiger partial charge in [0.05, 0.1) is 0 Å². The van der Waals surface area contributed by atoms with Gasteiger partial charge in [-0.2, -0.15) is 0 Å². The second kappa shape index (κ2) is 3.17. The maximum Gasteiger partial charge on any atom is 0.133 e. The maximum absolute atomic E-state index is 4.06. The molecule has 1 rings (SSSR count). The summed E-state index contributed by atoms with van der Waals surface area (Å²) in [4.78, 5) is 0. The highest BCUT2D eigenvalue weighted by Crippen LogP contribution is 2.50. The molecule has 0 N–H and O–H groups in total. The van der Waals surface area contributed by atoms with Crippen molar-refractivity contribution in [1.29, 1.82) is 0 Å². The van der Waals surface area contributed by atoms with Crippen molar-refractivity contribution in [3.8, 4) is 0 Å². The molecule has 14 heavy (non-hydrogen) atoms. The van der Waals surface area contributed by atoms with Gasteiger partial charge < -0.3 is 3.90 Å². The summed E-state index contributed by atoms with van der Waals surface area (Å²) in [5, 5.41) is 1.03. The highest BCUT2D eigenvalue weighted by Gasteiger charge is 2.63. The minimum Gasteiger partial charge on any atom is -0.365 e. The third-order valence-electron chi connectivity index (χ3n) is 4.35. The van der Waals surface area contributed by atoms with Crippen LogP contribution in [0.15, 0.2) is 12.3 Å². The molecule has 1 aliphatic rings. The van der Waals surface area contributed by atoms with E-state index in [1.807, 2.05) is 0 Å². The average Bonchev–Trinajstić information content (AvgIpc) is 2.01. The maximum atomic E-state index is 4.06. The van der Waals surface area contributed by atoms with Crippen molar-refractivity contribution < 1.29 is 0 Å². The summed E-state index contributed by atoms with van der Waals surface area (Å²) in [5.41, 5.74) is 2.27. The van der Waals surface area contributed by atoms with Gasteiger partial charge >= 0.3 is 0 Å². The Labute approximate surface area is 92.5 Å². The minimum absolute atomic E-state index is 1.03. The van der Waals surface area contributed by atoms with Crippen molar-refractivity contribution in [2.45, 2.75) is 51.4 Å². The van der Waals surface area contributed by atoms with Gasteiger partial charge in [0.2, 0.25) is 0 Å². The molecule has 1 fully saturated rings. The number of nitrogens with zero attached hydrogens (tertiary/aromatic N) is 1. The van der Waals surface area contributed by atoms with E-state index >= 15 is 0 Å². The molecule has 82 valence electrons. The first-order valence-corrected chi connectivity index (χ1v) is 14.6. The van der Waals surface area contributed by atoms with E-state index in [1.165, 1.54) is 0 Å². The zero-order chi connectivity index (χ0) is 11.4. The lowest BCUT2D eigenvalue weighted by Gasteiger charge is -2.69. The SMILES string of the molecule is C=C[Si](C)(C)N1[Si](C)(C)C(C)[Si]1(C)C. The van der Waals surface area contributed by atoms with Crippen molar-refractivity contribution >= 4 is 24.7 Å². The van der Waals surface area contributed by atoms with E-state index < -0.39 is 24.7 Å². The first-order chi connectivity index (χ1) is 6.08. The van der Waals surface area contributed by atoms with Gasteiger partial charge in [0, 0.05) is 0 Å². The third kappa shape index (κ3) is 1.43. The molecule has 0 aromatic carbocycles. The summed E-state index contributed by atoms with van der Waals surface area (Å²) in [6.07, 6.45) is 0. The predicted octanol–water partition coefficient (Wildman–Crippen LogP) is 3.57. The van der Waals surface area contributed by atoms with Gasteiger partial charge in [-0.1, -0.05) is 51.9 Å². The normalized spacial score (nSPS) is 27.1. The van der Waals surface area contributed by atoms with Crippen LogP contribution >= 0.6 is 0 Å². The molecule has 0 aliphatic carbocycles. The van der Waals surface area contributed by atoms with Crippen LogP contribution in [0.3, 0.4) is 0 Å². The highest BCUT2D eigenvalue weighted by atomic mass is 28.5. The molecule has 0 bridgehead atoms. The Hall–Kier alpha value is 0.351. The zero-order valence-electron chi connectivity index (χ0n) is 10.8. The fraction of sp³-hybridized carbons (Fsp3) is 0.800. The van der Waals surface area contributed by atoms with E-state index in [1.54, 1.807) is 0 Å². The Kier molecular flexibility index (Phi) is 2.81. The van der Waals surface area contributed by atoms with E-state index in [2.05, 4.69) is 62.4 Å². The first kappa shape index (κ1) is 12.4. The van der Waals surface area contributed by atoms with Crippen LogP contribution in [0, 0.1) is 0 Å². The smallest absolute Gasteiger partial charge is 0.133 e. The molecule has 0 amide bonds. The lowest BCUT2D eigenvalue weighted by atomic mass is 10.9. The molecule has 0 spiro atoms. The topological polar surface area (TPSA) is 3.24 Å². The van der Waals surface area contributed by atoms with Crippen LogP contribution in [0.1, 0.15) is 6.92 Å². The molecule has 1 aliphatic heterocycles. The Morgan fingerprint density at radius 2 is 1.50 bits per heavy atom. The van der Waals surface area contributed by atoms with Crippen molar-refractivity contribution in [3.05, 3.63) is 12.3 Å². The second-order valence-corrected chi connectivity index (χ2v) is 21.5. The molecule has 0 aromatic heterocycles. The quantitative estimate of drug-likeness (QED) is 0.670. The number of rotatable bonds is 2. The summed E-state index contributed by atoms with van der Waals surface area (Å²) >= 11 is 0. The van der Waals surface area contributed by atoms with Crippen molar-refractivity contribution in [2.24, 2.45) is 0 Å². The van der Waals surface area contributed by atoms with Crippen LogP contribution in [0.25, 0.3) is 0 Å². The average molecular weight is 244 g/mol. The van der Waals surface area contributed by atoms with Crippen molar-refractivity contribution in [1.82, 2.24) is 3.90 Å². The summed E-state index contributed by atoms with van der Waals surface area (Å²) < 4.78 is 2.99. The van der Waals surface area contributed by atoms with E-state index in [-0.39, 0.29) is 0 Å². The number of hydrogen-bond donors (Lipinski definition) is 0. The minimum atomic E-state index is -1.29. The van der Waals surface area contributed by atoms with Gasteiger partial charge in [-0.05, 0) is 5.16 Å². The van der Waals surface area contributed by atoms with Gasteiger partial charge in [0.1, 0.15) is 24.7 Å². The monoisotopic (exact) mass is 243 g/mol. The molecule has 0 radical (unpaired) electrons. The first-order valence-electron chi connectivity index (χ1n) is 5.52. The van der Waals surface area contributed by atoms with Crippen LogP contribution in [0.5, 0.6) is 0 Å². The molecule has 1 saturated heterocycles. The zero-order valence-corrected chi connectivity index (χ0v) is 13.8. The molecule has 0 atom stereocenters. The Bertz CT molecular complexity index is 242. The van der Waals surface area contributed by atoms with E-state index in [0.717, 1.165) is 5.16 Å². The van der Waals surface area contributed by atoms with E-state index in [4.69, 9.17) is 0 Å². The largest absolute Gasteiger partial charge is 0.365 e. The highest BCUT2D eigenvalue weighted by molar-refractivity contribution is 7.19. The fourth-order valence-corrected chi connectivity index (χ4v) is 32.7. The van der Waals surface area contributed by atoms with Crippen LogP contribution in [0.2, 0.25) is 44.4 Å². The van der Waals surface area contributed by atoms with E-state index in [0.29, 0.717) is 0 Å². The lowest BCUT2D eigenvalue weighted by Crippen LogP contribution is -2.85. The second-order valence-electron chi connectivity index (χ2n) is 6.22. The Morgan fingerprint density at radius 3 is 1.79 bits per heavy atom. The third-order valence-corrected chi connectivity index (χ3v) is 27.7. The van der Waals surface area contributed by atoms with Gasteiger partial charge in [-0.15, -0.1) is 6.58 Å². The molecule has 0 aromatic rings. The Morgan fingerprint density at radius 1 is 1.14 bits per heavy atom.